The molecule has 0 aromatic heterocycles. The van der Waals surface area contributed by atoms with Crippen molar-refractivity contribution in [1.82, 2.24) is 0 Å². The smallest absolute Gasteiger partial charge is 0.323 e. The van der Waals surface area contributed by atoms with E-state index < -0.39 is 6.03 Å². The highest BCUT2D eigenvalue weighted by atomic mass is 35.5. The van der Waals surface area contributed by atoms with Crippen molar-refractivity contribution >= 4 is 34.7 Å². The normalized spacial score (nSPS) is 9.60. The van der Waals surface area contributed by atoms with E-state index in [0.29, 0.717) is 27.6 Å². The number of nitrogens with two attached hydrogens (primary N) is 1. The number of halogens is 1. The van der Waals surface area contributed by atoms with E-state index in [9.17, 15) is 4.79 Å². The zero-order chi connectivity index (χ0) is 14.5. The topological polar surface area (TPSA) is 90.9 Å². The van der Waals surface area contributed by atoms with Gasteiger partial charge < -0.3 is 16.4 Å². The molecule has 2 amide bonds. The first-order valence-electron chi connectivity index (χ1n) is 5.71. The molecule has 0 radical (unpaired) electrons. The number of anilines is 3. The average molecular weight is 287 g/mol. The van der Waals surface area contributed by atoms with E-state index in [1.807, 2.05) is 6.07 Å². The van der Waals surface area contributed by atoms with Crippen molar-refractivity contribution < 1.29 is 4.79 Å². The number of nitrogen functional groups attached to an aromatic ring is 1. The Labute approximate surface area is 121 Å². The first-order chi connectivity index (χ1) is 9.58. The fourth-order valence-electron chi connectivity index (χ4n) is 1.54. The van der Waals surface area contributed by atoms with Crippen LogP contribution >= 0.6 is 11.6 Å². The monoisotopic (exact) mass is 286 g/mol. The van der Waals surface area contributed by atoms with Gasteiger partial charge >= 0.3 is 6.03 Å². The minimum absolute atomic E-state index is 0.302. The molecule has 0 aliphatic heterocycles. The molecular weight excluding hydrogens is 276 g/mol. The number of nitrogens with zero attached hydrogens (tertiary/aromatic N) is 1. The SMILES string of the molecule is N#Cc1ccc(NC(=O)Nc2ccc(N)cc2)c(Cl)c1. The van der Waals surface area contributed by atoms with Gasteiger partial charge in [0.25, 0.3) is 0 Å². The summed E-state index contributed by atoms with van der Waals surface area (Å²) in [4.78, 5) is 11.8. The lowest BCUT2D eigenvalue weighted by molar-refractivity contribution is 0.262. The van der Waals surface area contributed by atoms with E-state index in [2.05, 4.69) is 10.6 Å². The minimum Gasteiger partial charge on any atom is -0.399 e. The van der Waals surface area contributed by atoms with Gasteiger partial charge in [0.05, 0.1) is 22.3 Å². The molecule has 0 fully saturated rings. The number of urea groups is 1. The number of carbonyl (C=O) groups is 1. The maximum atomic E-state index is 11.8. The van der Waals surface area contributed by atoms with Crippen LogP contribution in [0.2, 0.25) is 5.02 Å². The summed E-state index contributed by atoms with van der Waals surface area (Å²) in [5.41, 5.74) is 7.64. The van der Waals surface area contributed by atoms with Gasteiger partial charge in [-0.1, -0.05) is 11.6 Å². The lowest BCUT2D eigenvalue weighted by atomic mass is 10.2. The Morgan fingerprint density at radius 1 is 1.15 bits per heavy atom. The fourth-order valence-corrected chi connectivity index (χ4v) is 1.76. The zero-order valence-corrected chi connectivity index (χ0v) is 11.1. The molecule has 0 heterocycles. The Bertz CT molecular complexity index is 677. The summed E-state index contributed by atoms with van der Waals surface area (Å²) in [7, 11) is 0. The highest BCUT2D eigenvalue weighted by Crippen LogP contribution is 2.23. The Hall–Kier alpha value is -2.71. The van der Waals surface area contributed by atoms with Crippen LogP contribution in [0.15, 0.2) is 42.5 Å². The maximum absolute atomic E-state index is 11.8. The van der Waals surface area contributed by atoms with Crippen LogP contribution in [0, 0.1) is 11.3 Å². The summed E-state index contributed by atoms with van der Waals surface area (Å²) in [6.45, 7) is 0. The number of nitrogens with one attached hydrogen (secondary N) is 2. The van der Waals surface area contributed by atoms with Gasteiger partial charge in [0.2, 0.25) is 0 Å². The molecular formula is C14H11ClN4O. The second kappa shape index (κ2) is 5.95. The largest absolute Gasteiger partial charge is 0.399 e. The Kier molecular flexibility index (Phi) is 4.08. The minimum atomic E-state index is -0.429. The van der Waals surface area contributed by atoms with Crippen molar-refractivity contribution in [2.24, 2.45) is 0 Å². The quantitative estimate of drug-likeness (QED) is 0.739. The second-order valence-electron chi connectivity index (χ2n) is 4.01. The summed E-state index contributed by atoms with van der Waals surface area (Å²) in [6, 6.07) is 12.9. The van der Waals surface area contributed by atoms with Gasteiger partial charge in [-0.25, -0.2) is 4.79 Å². The first kappa shape index (κ1) is 13.7. The van der Waals surface area contributed by atoms with E-state index in [1.165, 1.54) is 6.07 Å². The molecule has 6 heteroatoms. The molecule has 0 bridgehead atoms. The first-order valence-corrected chi connectivity index (χ1v) is 6.09. The van der Waals surface area contributed by atoms with Gasteiger partial charge in [-0.15, -0.1) is 0 Å². The number of hydrogen-bond donors (Lipinski definition) is 3. The van der Waals surface area contributed by atoms with Crippen molar-refractivity contribution in [3.05, 3.63) is 53.1 Å². The van der Waals surface area contributed by atoms with Crippen molar-refractivity contribution in [1.29, 1.82) is 5.26 Å². The highest BCUT2D eigenvalue weighted by Gasteiger charge is 2.06. The highest BCUT2D eigenvalue weighted by molar-refractivity contribution is 6.33. The third kappa shape index (κ3) is 3.40. The molecule has 5 nitrogen and oxygen atoms in total. The lowest BCUT2D eigenvalue weighted by Crippen LogP contribution is -2.19. The molecule has 0 atom stereocenters. The molecule has 0 aliphatic carbocycles. The summed E-state index contributed by atoms with van der Waals surface area (Å²) >= 11 is 5.97. The number of amides is 2. The molecule has 0 unspecified atom stereocenters. The van der Waals surface area contributed by atoms with Crippen LogP contribution in [-0.2, 0) is 0 Å². The van der Waals surface area contributed by atoms with Crippen molar-refractivity contribution in [2.75, 3.05) is 16.4 Å². The van der Waals surface area contributed by atoms with Crippen LogP contribution < -0.4 is 16.4 Å². The Morgan fingerprint density at radius 2 is 1.85 bits per heavy atom. The molecule has 4 N–H and O–H groups in total. The van der Waals surface area contributed by atoms with Crippen LogP contribution in [0.3, 0.4) is 0 Å². The number of hydrogen-bond acceptors (Lipinski definition) is 3. The third-order valence-corrected chi connectivity index (χ3v) is 2.83. The number of nitriles is 1. The second-order valence-corrected chi connectivity index (χ2v) is 4.41. The number of benzene rings is 2. The molecule has 100 valence electrons. The Morgan fingerprint density at radius 3 is 2.45 bits per heavy atom. The van der Waals surface area contributed by atoms with Crippen molar-refractivity contribution in [3.63, 3.8) is 0 Å². The fraction of sp³-hybridized carbons (Fsp3) is 0. The van der Waals surface area contributed by atoms with Gasteiger partial charge in [0, 0.05) is 11.4 Å². The summed E-state index contributed by atoms with van der Waals surface area (Å²) in [5.74, 6) is 0. The van der Waals surface area contributed by atoms with E-state index in [4.69, 9.17) is 22.6 Å². The summed E-state index contributed by atoms with van der Waals surface area (Å²) in [6.07, 6.45) is 0. The van der Waals surface area contributed by atoms with Crippen LogP contribution in [0.1, 0.15) is 5.56 Å². The maximum Gasteiger partial charge on any atom is 0.323 e. The molecule has 2 aromatic carbocycles. The number of rotatable bonds is 2. The predicted octanol–water partition coefficient (Wildman–Crippen LogP) is 3.44. The molecule has 0 saturated heterocycles. The van der Waals surface area contributed by atoms with Gasteiger partial charge in [-0.2, -0.15) is 5.26 Å². The molecule has 0 aliphatic rings. The van der Waals surface area contributed by atoms with Gasteiger partial charge in [-0.05, 0) is 42.5 Å². The van der Waals surface area contributed by atoms with E-state index in [1.54, 1.807) is 36.4 Å². The molecule has 0 saturated carbocycles. The molecule has 2 rings (SSSR count). The van der Waals surface area contributed by atoms with Gasteiger partial charge in [0.15, 0.2) is 0 Å². The zero-order valence-electron chi connectivity index (χ0n) is 10.4. The molecule has 2 aromatic rings. The predicted molar refractivity (Wildman–Crippen MR) is 79.7 cm³/mol. The average Bonchev–Trinajstić information content (AvgIpc) is 2.43. The molecule has 0 spiro atoms. The van der Waals surface area contributed by atoms with Crippen LogP contribution in [0.4, 0.5) is 21.9 Å². The summed E-state index contributed by atoms with van der Waals surface area (Å²) in [5, 5.41) is 14.3. The van der Waals surface area contributed by atoms with E-state index >= 15 is 0 Å². The molecule has 20 heavy (non-hydrogen) atoms. The van der Waals surface area contributed by atoms with E-state index in [-0.39, 0.29) is 0 Å². The van der Waals surface area contributed by atoms with Crippen molar-refractivity contribution in [2.45, 2.75) is 0 Å². The van der Waals surface area contributed by atoms with Crippen LogP contribution in [-0.4, -0.2) is 6.03 Å². The standard InChI is InChI=1S/C14H11ClN4O/c15-12-7-9(8-16)1-6-13(12)19-14(20)18-11-4-2-10(17)3-5-11/h1-7H,17H2,(H2,18,19,20). The lowest BCUT2D eigenvalue weighted by Gasteiger charge is -2.09. The van der Waals surface area contributed by atoms with Crippen LogP contribution in [0.5, 0.6) is 0 Å². The van der Waals surface area contributed by atoms with Gasteiger partial charge in [0.1, 0.15) is 0 Å². The van der Waals surface area contributed by atoms with Crippen molar-refractivity contribution in [3.8, 4) is 6.07 Å². The van der Waals surface area contributed by atoms with Gasteiger partial charge in [-0.3, -0.25) is 0 Å². The summed E-state index contributed by atoms with van der Waals surface area (Å²) < 4.78 is 0. The van der Waals surface area contributed by atoms with E-state index in [0.717, 1.165) is 0 Å². The number of carbonyl (C=O) groups excluding carboxylic acids is 1. The Balaban J connectivity index is 2.05. The van der Waals surface area contributed by atoms with Crippen LogP contribution in [0.25, 0.3) is 0 Å². The third-order valence-electron chi connectivity index (χ3n) is 2.51.